The lowest BCUT2D eigenvalue weighted by molar-refractivity contribution is 0.0696. The predicted octanol–water partition coefficient (Wildman–Crippen LogP) is 2.35. The molecule has 1 aliphatic rings. The molecule has 1 saturated carbocycles. The molecule has 1 N–H and O–H groups in total. The Bertz CT molecular complexity index is 658. The van der Waals surface area contributed by atoms with Crippen LogP contribution in [0.15, 0.2) is 17.0 Å². The number of carboxylic acid groups (broad SMARTS) is 1. The molecule has 8 heteroatoms. The maximum absolute atomic E-state index is 13.6. The predicted molar refractivity (Wildman–Crippen MR) is 71.0 cm³/mol. The second kappa shape index (κ2) is 5.31. The fraction of sp³-hybridized carbons (Fsp3) is 0.417. The lowest BCUT2D eigenvalue weighted by Gasteiger charge is -2.20. The van der Waals surface area contributed by atoms with Gasteiger partial charge in [-0.05, 0) is 25.0 Å². The monoisotopic (exact) mass is 321 g/mol. The molecular weight excluding hydrogens is 309 g/mol. The number of sulfonamides is 1. The molecule has 0 aromatic heterocycles. The molecule has 2 rings (SSSR count). The maximum atomic E-state index is 13.6. The molecule has 0 saturated heterocycles. The van der Waals surface area contributed by atoms with E-state index in [1.807, 2.05) is 0 Å². The van der Waals surface area contributed by atoms with Gasteiger partial charge in [-0.25, -0.2) is 17.6 Å². The van der Waals surface area contributed by atoms with Gasteiger partial charge < -0.3 is 5.11 Å². The molecule has 0 heterocycles. The van der Waals surface area contributed by atoms with Crippen LogP contribution in [0.2, 0.25) is 5.02 Å². The summed E-state index contributed by atoms with van der Waals surface area (Å²) >= 11 is 5.53. The lowest BCUT2D eigenvalue weighted by atomic mass is 10.2. The van der Waals surface area contributed by atoms with Crippen LogP contribution in [0.1, 0.15) is 30.1 Å². The van der Waals surface area contributed by atoms with Gasteiger partial charge in [0, 0.05) is 12.6 Å². The quantitative estimate of drug-likeness (QED) is 0.903. The van der Waals surface area contributed by atoms with E-state index >= 15 is 0 Å². The van der Waals surface area contributed by atoms with Gasteiger partial charge in [0.1, 0.15) is 5.82 Å². The first kappa shape index (κ1) is 15.2. The van der Waals surface area contributed by atoms with E-state index in [2.05, 4.69) is 0 Å². The van der Waals surface area contributed by atoms with Crippen molar-refractivity contribution in [3.63, 3.8) is 0 Å². The first-order valence-electron chi connectivity index (χ1n) is 6.03. The highest BCUT2D eigenvalue weighted by Gasteiger charge is 2.37. The number of hydrogen-bond acceptors (Lipinski definition) is 3. The van der Waals surface area contributed by atoms with Gasteiger partial charge in [0.15, 0.2) is 0 Å². The molecule has 1 aromatic carbocycles. The van der Waals surface area contributed by atoms with Gasteiger partial charge in [-0.15, -0.1) is 0 Å². The van der Waals surface area contributed by atoms with Gasteiger partial charge in [-0.3, -0.25) is 0 Å². The number of rotatable bonds is 5. The summed E-state index contributed by atoms with van der Waals surface area (Å²) in [6, 6.07) is 1.57. The third-order valence-electron chi connectivity index (χ3n) is 3.10. The lowest BCUT2D eigenvalue weighted by Crippen LogP contribution is -2.33. The molecule has 1 aliphatic carbocycles. The van der Waals surface area contributed by atoms with Crippen LogP contribution in [-0.2, 0) is 10.0 Å². The van der Waals surface area contributed by atoms with Crippen molar-refractivity contribution in [3.05, 3.63) is 28.5 Å². The number of carboxylic acids is 1. The van der Waals surface area contributed by atoms with E-state index in [0.29, 0.717) is 0 Å². The van der Waals surface area contributed by atoms with Gasteiger partial charge in [-0.2, -0.15) is 4.31 Å². The van der Waals surface area contributed by atoms with Crippen LogP contribution in [0, 0.1) is 5.82 Å². The molecule has 0 amide bonds. The molecule has 0 radical (unpaired) electrons. The van der Waals surface area contributed by atoms with Crippen molar-refractivity contribution in [1.82, 2.24) is 4.31 Å². The molecule has 0 bridgehead atoms. The third-order valence-corrected chi connectivity index (χ3v) is 5.49. The third kappa shape index (κ3) is 2.65. The Kier molecular flexibility index (Phi) is 4.04. The maximum Gasteiger partial charge on any atom is 0.337 e. The Morgan fingerprint density at radius 3 is 2.55 bits per heavy atom. The minimum atomic E-state index is -3.91. The SMILES string of the molecule is CCN(C1CC1)S(=O)(=O)c1cc(F)c(Cl)c(C(=O)O)c1. The van der Waals surface area contributed by atoms with E-state index in [9.17, 15) is 17.6 Å². The number of carbonyl (C=O) groups is 1. The van der Waals surface area contributed by atoms with Crippen molar-refractivity contribution < 1.29 is 22.7 Å². The summed E-state index contributed by atoms with van der Waals surface area (Å²) in [6.45, 7) is 1.93. The largest absolute Gasteiger partial charge is 0.478 e. The molecule has 5 nitrogen and oxygen atoms in total. The highest BCUT2D eigenvalue weighted by Crippen LogP contribution is 2.33. The summed E-state index contributed by atoms with van der Waals surface area (Å²) in [4.78, 5) is 10.6. The Morgan fingerprint density at radius 1 is 1.50 bits per heavy atom. The van der Waals surface area contributed by atoms with Crippen molar-refractivity contribution in [2.75, 3.05) is 6.54 Å². The van der Waals surface area contributed by atoms with Crippen LogP contribution in [0.3, 0.4) is 0 Å². The van der Waals surface area contributed by atoms with E-state index in [1.54, 1.807) is 6.92 Å². The fourth-order valence-corrected chi connectivity index (χ4v) is 3.91. The fourth-order valence-electron chi connectivity index (χ4n) is 1.99. The number of hydrogen-bond donors (Lipinski definition) is 1. The van der Waals surface area contributed by atoms with Crippen molar-refractivity contribution >= 4 is 27.6 Å². The molecule has 0 aliphatic heterocycles. The van der Waals surface area contributed by atoms with Crippen LogP contribution in [0.5, 0.6) is 0 Å². The summed E-state index contributed by atoms with van der Waals surface area (Å²) in [5, 5.41) is 8.35. The number of aromatic carboxylic acids is 1. The minimum Gasteiger partial charge on any atom is -0.478 e. The summed E-state index contributed by atoms with van der Waals surface area (Å²) in [6.07, 6.45) is 1.52. The Balaban J connectivity index is 2.54. The summed E-state index contributed by atoms with van der Waals surface area (Å²) in [5.41, 5.74) is -0.558. The first-order valence-corrected chi connectivity index (χ1v) is 7.85. The molecule has 1 fully saturated rings. The summed E-state index contributed by atoms with van der Waals surface area (Å²) < 4.78 is 39.7. The summed E-state index contributed by atoms with van der Waals surface area (Å²) in [5.74, 6) is -2.53. The number of benzene rings is 1. The zero-order chi connectivity index (χ0) is 15.1. The van der Waals surface area contributed by atoms with Crippen molar-refractivity contribution in [3.8, 4) is 0 Å². The van der Waals surface area contributed by atoms with Gasteiger partial charge in [0.05, 0.1) is 15.5 Å². The second-order valence-electron chi connectivity index (χ2n) is 4.51. The Labute approximate surface area is 121 Å². The number of halogens is 2. The van der Waals surface area contributed by atoms with Crippen LogP contribution in [-0.4, -0.2) is 36.4 Å². The van der Waals surface area contributed by atoms with E-state index < -0.39 is 32.4 Å². The van der Waals surface area contributed by atoms with Crippen LogP contribution in [0.25, 0.3) is 0 Å². The van der Waals surface area contributed by atoms with Gasteiger partial charge in [0.25, 0.3) is 0 Å². The average molecular weight is 322 g/mol. The minimum absolute atomic E-state index is 0.0861. The summed E-state index contributed by atoms with van der Waals surface area (Å²) in [7, 11) is -3.91. The normalized spacial score (nSPS) is 15.6. The van der Waals surface area contributed by atoms with Crippen molar-refractivity contribution in [1.29, 1.82) is 0 Å². The van der Waals surface area contributed by atoms with Gasteiger partial charge in [-0.1, -0.05) is 18.5 Å². The second-order valence-corrected chi connectivity index (χ2v) is 6.78. The standard InChI is InChI=1S/C12H13ClFNO4S/c1-2-15(7-3-4-7)20(18,19)8-5-9(12(16)17)11(13)10(14)6-8/h5-7H,2-4H2,1H3,(H,16,17). The van der Waals surface area contributed by atoms with Crippen LogP contribution < -0.4 is 0 Å². The average Bonchev–Trinajstić information content (AvgIpc) is 3.16. The van der Waals surface area contributed by atoms with E-state index in [0.717, 1.165) is 25.0 Å². The zero-order valence-corrected chi connectivity index (χ0v) is 12.2. The van der Waals surface area contributed by atoms with Gasteiger partial charge >= 0.3 is 5.97 Å². The van der Waals surface area contributed by atoms with E-state index in [1.165, 1.54) is 4.31 Å². The molecule has 0 atom stereocenters. The highest BCUT2D eigenvalue weighted by molar-refractivity contribution is 7.89. The Morgan fingerprint density at radius 2 is 2.10 bits per heavy atom. The van der Waals surface area contributed by atoms with E-state index in [-0.39, 0.29) is 17.5 Å². The molecular formula is C12H13ClFNO4S. The smallest absolute Gasteiger partial charge is 0.337 e. The first-order chi connectivity index (χ1) is 9.28. The highest BCUT2D eigenvalue weighted by atomic mass is 35.5. The van der Waals surface area contributed by atoms with Crippen molar-refractivity contribution in [2.45, 2.75) is 30.7 Å². The Hall–Kier alpha value is -1.18. The number of nitrogens with zero attached hydrogens (tertiary/aromatic N) is 1. The van der Waals surface area contributed by atoms with Crippen LogP contribution >= 0.6 is 11.6 Å². The molecule has 0 unspecified atom stereocenters. The van der Waals surface area contributed by atoms with Crippen LogP contribution in [0.4, 0.5) is 4.39 Å². The van der Waals surface area contributed by atoms with Gasteiger partial charge in [0.2, 0.25) is 10.0 Å². The molecule has 20 heavy (non-hydrogen) atoms. The molecule has 0 spiro atoms. The molecule has 110 valence electrons. The molecule has 1 aromatic rings. The van der Waals surface area contributed by atoms with E-state index in [4.69, 9.17) is 16.7 Å². The topological polar surface area (TPSA) is 74.7 Å². The van der Waals surface area contributed by atoms with Crippen molar-refractivity contribution in [2.24, 2.45) is 0 Å². The zero-order valence-electron chi connectivity index (χ0n) is 10.6.